The number of hydrogen-bond acceptors (Lipinski definition) is 6. The first-order valence-corrected chi connectivity index (χ1v) is 7.64. The van der Waals surface area contributed by atoms with Crippen LogP contribution in [0.15, 0.2) is 0 Å². The van der Waals surface area contributed by atoms with E-state index in [0.717, 1.165) is 12.8 Å². The molecule has 1 heterocycles. The molecule has 0 unspecified atom stereocenters. The third kappa shape index (κ3) is 2.95. The van der Waals surface area contributed by atoms with Crippen molar-refractivity contribution in [3.05, 3.63) is 10.4 Å². The number of methoxy groups -OCH3 is 1. The van der Waals surface area contributed by atoms with Crippen molar-refractivity contribution in [3.63, 3.8) is 0 Å². The summed E-state index contributed by atoms with van der Waals surface area (Å²) in [5, 5.41) is 4.03. The molecule has 0 amide bonds. The highest BCUT2D eigenvalue weighted by Gasteiger charge is 2.26. The Morgan fingerprint density at radius 1 is 1.30 bits per heavy atom. The van der Waals surface area contributed by atoms with Gasteiger partial charge in [-0.25, -0.2) is 4.79 Å². The van der Waals surface area contributed by atoms with Gasteiger partial charge in [0.05, 0.1) is 17.7 Å². The third-order valence-electron chi connectivity index (χ3n) is 3.59. The normalized spacial score (nSPS) is 15.9. The van der Waals surface area contributed by atoms with Crippen LogP contribution in [0.2, 0.25) is 0 Å². The van der Waals surface area contributed by atoms with Gasteiger partial charge in [-0.1, -0.05) is 19.3 Å². The Labute approximate surface area is 122 Å². The zero-order valence-electron chi connectivity index (χ0n) is 11.8. The van der Waals surface area contributed by atoms with Crippen molar-refractivity contribution in [3.8, 4) is 0 Å². The Balaban J connectivity index is 2.32. The Hall–Kier alpha value is -1.56. The van der Waals surface area contributed by atoms with Gasteiger partial charge in [-0.15, -0.1) is 11.3 Å². The number of anilines is 2. The second-order valence-corrected chi connectivity index (χ2v) is 6.10. The maximum Gasteiger partial charge on any atom is 0.343 e. The van der Waals surface area contributed by atoms with Crippen LogP contribution in [-0.2, 0) is 4.74 Å². The molecule has 3 N–H and O–H groups in total. The maximum atomic E-state index is 11.9. The number of esters is 1. The predicted octanol–water partition coefficient (Wildman–Crippen LogP) is 3.06. The maximum absolute atomic E-state index is 11.9. The van der Waals surface area contributed by atoms with Crippen molar-refractivity contribution < 1.29 is 14.3 Å². The summed E-state index contributed by atoms with van der Waals surface area (Å²) >= 11 is 1.25. The number of carbonyl (C=O) groups excluding carboxylic acids is 2. The molecule has 2 rings (SSSR count). The minimum absolute atomic E-state index is 0.130. The van der Waals surface area contributed by atoms with E-state index in [9.17, 15) is 9.59 Å². The molecule has 20 heavy (non-hydrogen) atoms. The van der Waals surface area contributed by atoms with Gasteiger partial charge < -0.3 is 15.8 Å². The fraction of sp³-hybridized carbons (Fsp3) is 0.571. The summed E-state index contributed by atoms with van der Waals surface area (Å²) in [4.78, 5) is 23.9. The highest BCUT2D eigenvalue weighted by Crippen LogP contribution is 2.38. The second-order valence-electron chi connectivity index (χ2n) is 5.08. The third-order valence-corrected chi connectivity index (χ3v) is 4.83. The molecule has 1 aliphatic rings. The van der Waals surface area contributed by atoms with Crippen LogP contribution in [0.1, 0.15) is 59.1 Å². The zero-order valence-corrected chi connectivity index (χ0v) is 12.6. The van der Waals surface area contributed by atoms with E-state index in [0.29, 0.717) is 21.5 Å². The first-order valence-electron chi connectivity index (χ1n) is 6.82. The second kappa shape index (κ2) is 6.26. The first kappa shape index (κ1) is 14.8. The molecular formula is C14H20N2O3S. The van der Waals surface area contributed by atoms with Gasteiger partial charge in [0.15, 0.2) is 5.78 Å². The molecule has 0 radical (unpaired) electrons. The van der Waals surface area contributed by atoms with Crippen molar-refractivity contribution in [1.82, 2.24) is 0 Å². The number of Topliss-reactive ketones (excluding diaryl/α,β-unsaturated/α-hetero) is 1. The van der Waals surface area contributed by atoms with E-state index in [1.807, 2.05) is 0 Å². The number of ether oxygens (including phenoxy) is 1. The highest BCUT2D eigenvalue weighted by atomic mass is 32.1. The number of nitrogen functional groups attached to an aromatic ring is 1. The molecule has 0 atom stereocenters. The molecule has 0 saturated heterocycles. The summed E-state index contributed by atoms with van der Waals surface area (Å²) < 4.78 is 4.78. The SMILES string of the molecule is COC(=O)c1c(NC2CCCCC2)sc(C(C)=O)c1N. The minimum atomic E-state index is -0.496. The van der Waals surface area contributed by atoms with Gasteiger partial charge in [0.2, 0.25) is 0 Å². The number of thiophene rings is 1. The van der Waals surface area contributed by atoms with Gasteiger partial charge in [-0.3, -0.25) is 4.79 Å². The van der Waals surface area contributed by atoms with Crippen LogP contribution in [0.4, 0.5) is 10.7 Å². The summed E-state index contributed by atoms with van der Waals surface area (Å²) in [5.74, 6) is -0.626. The zero-order chi connectivity index (χ0) is 14.7. The Bertz CT molecular complexity index is 519. The lowest BCUT2D eigenvalue weighted by Crippen LogP contribution is -2.23. The van der Waals surface area contributed by atoms with Crippen LogP contribution < -0.4 is 11.1 Å². The molecule has 0 spiro atoms. The van der Waals surface area contributed by atoms with Gasteiger partial charge in [0.1, 0.15) is 10.6 Å². The molecule has 1 aromatic heterocycles. The molecule has 5 nitrogen and oxygen atoms in total. The van der Waals surface area contributed by atoms with Crippen molar-refractivity contribution in [2.45, 2.75) is 45.1 Å². The lowest BCUT2D eigenvalue weighted by Gasteiger charge is -2.23. The molecule has 6 heteroatoms. The Kier molecular flexibility index (Phi) is 4.65. The van der Waals surface area contributed by atoms with E-state index in [2.05, 4.69) is 5.32 Å². The number of rotatable bonds is 4. The van der Waals surface area contributed by atoms with Crippen LogP contribution in [-0.4, -0.2) is 24.9 Å². The fourth-order valence-electron chi connectivity index (χ4n) is 2.54. The number of carbonyl (C=O) groups is 2. The van der Waals surface area contributed by atoms with E-state index >= 15 is 0 Å². The highest BCUT2D eigenvalue weighted by molar-refractivity contribution is 7.19. The van der Waals surface area contributed by atoms with Crippen molar-refractivity contribution in [1.29, 1.82) is 0 Å². The van der Waals surface area contributed by atoms with Crippen molar-refractivity contribution >= 4 is 33.8 Å². The monoisotopic (exact) mass is 296 g/mol. The van der Waals surface area contributed by atoms with E-state index in [4.69, 9.17) is 10.5 Å². The van der Waals surface area contributed by atoms with Gasteiger partial charge in [-0.05, 0) is 12.8 Å². The number of hydrogen-bond donors (Lipinski definition) is 2. The fourth-order valence-corrected chi connectivity index (χ4v) is 3.62. The molecule has 1 fully saturated rings. The van der Waals surface area contributed by atoms with E-state index in [1.165, 1.54) is 44.6 Å². The first-order chi connectivity index (χ1) is 9.54. The molecule has 0 aliphatic heterocycles. The quantitative estimate of drug-likeness (QED) is 0.659. The van der Waals surface area contributed by atoms with E-state index < -0.39 is 5.97 Å². The molecule has 0 bridgehead atoms. The molecule has 1 aromatic rings. The topological polar surface area (TPSA) is 81.4 Å². The minimum Gasteiger partial charge on any atom is -0.465 e. The van der Waals surface area contributed by atoms with E-state index in [-0.39, 0.29) is 11.5 Å². The van der Waals surface area contributed by atoms with Crippen molar-refractivity contribution in [2.24, 2.45) is 0 Å². The summed E-state index contributed by atoms with van der Waals surface area (Å²) in [6.07, 6.45) is 5.78. The molecule has 1 saturated carbocycles. The summed E-state index contributed by atoms with van der Waals surface area (Å²) in [7, 11) is 1.32. The number of nitrogens with one attached hydrogen (secondary N) is 1. The smallest absolute Gasteiger partial charge is 0.343 e. The van der Waals surface area contributed by atoms with E-state index in [1.54, 1.807) is 0 Å². The van der Waals surface area contributed by atoms with Crippen LogP contribution in [0.3, 0.4) is 0 Å². The molecular weight excluding hydrogens is 276 g/mol. The standard InChI is InChI=1S/C14H20N2O3S/c1-8(17)12-11(15)10(14(18)19-2)13(20-12)16-9-6-4-3-5-7-9/h9,16H,3-7,15H2,1-2H3. The molecule has 0 aromatic carbocycles. The van der Waals surface area contributed by atoms with Crippen molar-refractivity contribution in [2.75, 3.05) is 18.2 Å². The van der Waals surface area contributed by atoms with Gasteiger partial charge in [0, 0.05) is 13.0 Å². The van der Waals surface area contributed by atoms with Crippen LogP contribution >= 0.6 is 11.3 Å². The van der Waals surface area contributed by atoms with Gasteiger partial charge in [-0.2, -0.15) is 0 Å². The van der Waals surface area contributed by atoms with Crippen LogP contribution in [0.5, 0.6) is 0 Å². The summed E-state index contributed by atoms with van der Waals surface area (Å²) in [5.41, 5.74) is 6.46. The van der Waals surface area contributed by atoms with Crippen LogP contribution in [0.25, 0.3) is 0 Å². The predicted molar refractivity (Wildman–Crippen MR) is 80.6 cm³/mol. The Morgan fingerprint density at radius 3 is 2.50 bits per heavy atom. The number of nitrogens with two attached hydrogens (primary N) is 1. The van der Waals surface area contributed by atoms with Gasteiger partial charge >= 0.3 is 5.97 Å². The molecule has 110 valence electrons. The largest absolute Gasteiger partial charge is 0.465 e. The summed E-state index contributed by atoms with van der Waals surface area (Å²) in [6.45, 7) is 1.45. The Morgan fingerprint density at radius 2 is 1.95 bits per heavy atom. The lowest BCUT2D eigenvalue weighted by molar-refractivity contribution is 0.0603. The number of ketones is 1. The molecule has 1 aliphatic carbocycles. The average molecular weight is 296 g/mol. The average Bonchev–Trinajstić information content (AvgIpc) is 2.76. The lowest BCUT2D eigenvalue weighted by atomic mass is 9.95. The van der Waals surface area contributed by atoms with Gasteiger partial charge in [0.25, 0.3) is 0 Å². The van der Waals surface area contributed by atoms with Crippen LogP contribution in [0, 0.1) is 0 Å². The summed E-state index contributed by atoms with van der Waals surface area (Å²) in [6, 6.07) is 0.338.